The molecule has 0 radical (unpaired) electrons. The second-order valence-electron chi connectivity index (χ2n) is 7.06. The number of thiazole rings is 1. The molecule has 1 atom stereocenters. The lowest BCUT2D eigenvalue weighted by Crippen LogP contribution is -2.24. The van der Waals surface area contributed by atoms with Gasteiger partial charge in [0.15, 0.2) is 16.9 Å². The molecular weight excluding hydrogens is 513 g/mol. The third kappa shape index (κ3) is 4.01. The average Bonchev–Trinajstić information content (AvgIpc) is 3.40. The van der Waals surface area contributed by atoms with Crippen molar-refractivity contribution in [1.29, 1.82) is 0 Å². The van der Waals surface area contributed by atoms with Gasteiger partial charge in [0.05, 0.1) is 5.51 Å². The first-order chi connectivity index (χ1) is 16.3. The largest absolute Gasteiger partial charge is 0.468 e. The fourth-order valence-electron chi connectivity index (χ4n) is 3.47. The summed E-state index contributed by atoms with van der Waals surface area (Å²) in [6.07, 6.45) is 0.282. The van der Waals surface area contributed by atoms with Crippen LogP contribution in [0.1, 0.15) is 5.56 Å². The van der Waals surface area contributed by atoms with E-state index in [1.807, 2.05) is 0 Å². The maximum Gasteiger partial charge on any atom is 0.422 e. The molecule has 0 aromatic carbocycles. The van der Waals surface area contributed by atoms with Gasteiger partial charge in [-0.25, -0.2) is 34.9 Å². The van der Waals surface area contributed by atoms with E-state index in [-0.39, 0.29) is 11.0 Å². The first-order valence-corrected chi connectivity index (χ1v) is 12.7. The van der Waals surface area contributed by atoms with Crippen LogP contribution in [-0.2, 0) is 6.42 Å². The van der Waals surface area contributed by atoms with Crippen LogP contribution in [0, 0.1) is 0 Å². The Morgan fingerprint density at radius 2 is 1.82 bits per heavy atom. The molecule has 1 aliphatic heterocycles. The Kier molecular flexibility index (Phi) is 5.73. The number of hydrogen-bond acceptors (Lipinski definition) is 10. The van der Waals surface area contributed by atoms with Gasteiger partial charge in [-0.3, -0.25) is 0 Å². The highest BCUT2D eigenvalue weighted by molar-refractivity contribution is 8.45. The molecule has 1 unspecified atom stereocenters. The van der Waals surface area contributed by atoms with Crippen LogP contribution in [-0.4, -0.2) is 53.6 Å². The number of nitrogens with zero attached hydrogens (tertiary/aromatic N) is 7. The molecule has 5 rings (SSSR count). The maximum atomic E-state index is 12.4. The fourth-order valence-corrected chi connectivity index (χ4v) is 7.76. The maximum absolute atomic E-state index is 12.4. The molecule has 4 aromatic rings. The Balaban J connectivity index is 1.52. The lowest BCUT2D eigenvalue weighted by atomic mass is 10.2. The van der Waals surface area contributed by atoms with E-state index in [0.717, 1.165) is 5.56 Å². The van der Waals surface area contributed by atoms with Crippen molar-refractivity contribution in [2.75, 3.05) is 12.4 Å². The minimum absolute atomic E-state index is 0.116. The second kappa shape index (κ2) is 8.60. The molecule has 34 heavy (non-hydrogen) atoms. The molecule has 9 nitrogen and oxygen atoms in total. The summed E-state index contributed by atoms with van der Waals surface area (Å²) in [6, 6.07) is 3.05. The van der Waals surface area contributed by atoms with E-state index in [1.54, 1.807) is 11.6 Å². The average molecular weight is 527 g/mol. The number of rotatable bonds is 6. The highest BCUT2D eigenvalue weighted by atomic mass is 35.5. The van der Waals surface area contributed by atoms with Crippen molar-refractivity contribution in [1.82, 2.24) is 29.9 Å². The summed E-state index contributed by atoms with van der Waals surface area (Å²) in [4.78, 5) is 31.0. The quantitative estimate of drug-likeness (QED) is 0.369. The molecule has 4 aromatic heterocycles. The van der Waals surface area contributed by atoms with Crippen LogP contribution in [0.2, 0.25) is 5.15 Å². The third-order valence-electron chi connectivity index (χ3n) is 4.96. The van der Waals surface area contributed by atoms with Crippen molar-refractivity contribution in [2.24, 2.45) is 10.7 Å². The zero-order valence-corrected chi connectivity index (χ0v) is 19.4. The van der Waals surface area contributed by atoms with E-state index in [4.69, 9.17) is 17.3 Å². The van der Waals surface area contributed by atoms with E-state index < -0.39 is 22.8 Å². The van der Waals surface area contributed by atoms with Crippen molar-refractivity contribution in [3.05, 3.63) is 47.2 Å². The summed E-state index contributed by atoms with van der Waals surface area (Å²) in [6.45, 7) is -1.41. The number of pyridine rings is 1. The first-order valence-electron chi connectivity index (χ1n) is 9.62. The standard InChI is InChI=1S/C19H14ClF3N8OS2/c20-14-12-16(28-7-26-14)34(18(24)31-12,17-13-15(27-8-29-17)33-9-30-13)4-3-10-1-2-11(25-5-10)32-6-19(21,22)23/h1-2,5,7-9H,3-4,6H2,(H2,24,31). The third-order valence-corrected chi connectivity index (χ3v) is 9.51. The van der Waals surface area contributed by atoms with Gasteiger partial charge in [-0.1, -0.05) is 27.7 Å². The highest BCUT2D eigenvalue weighted by Crippen LogP contribution is 2.68. The smallest absolute Gasteiger partial charge is 0.422 e. The molecule has 0 saturated heterocycles. The Morgan fingerprint density at radius 1 is 1.03 bits per heavy atom. The zero-order chi connectivity index (χ0) is 23.9. The van der Waals surface area contributed by atoms with Gasteiger partial charge in [-0.2, -0.15) is 13.2 Å². The lowest BCUT2D eigenvalue weighted by molar-refractivity contribution is -0.154. The van der Waals surface area contributed by atoms with E-state index in [9.17, 15) is 13.2 Å². The van der Waals surface area contributed by atoms with Crippen LogP contribution in [0.25, 0.3) is 10.3 Å². The van der Waals surface area contributed by atoms with Crippen LogP contribution in [0.3, 0.4) is 0 Å². The number of halogens is 4. The Hall–Kier alpha value is -3.10. The summed E-state index contributed by atoms with van der Waals surface area (Å²) >= 11 is 7.67. The molecule has 0 amide bonds. The van der Waals surface area contributed by atoms with Gasteiger partial charge < -0.3 is 10.5 Å². The van der Waals surface area contributed by atoms with Crippen molar-refractivity contribution < 1.29 is 17.9 Å². The molecule has 0 spiro atoms. The number of alkyl halides is 3. The molecule has 5 heterocycles. The number of amidine groups is 1. The number of fused-ring (bicyclic) bond motifs is 2. The number of aromatic nitrogens is 6. The normalized spacial score (nSPS) is 19.5. The van der Waals surface area contributed by atoms with Crippen molar-refractivity contribution in [2.45, 2.75) is 22.6 Å². The van der Waals surface area contributed by atoms with E-state index in [2.05, 4.69) is 39.6 Å². The number of aryl methyl sites for hydroxylation is 1. The molecule has 1 aliphatic rings. The SMILES string of the molecule is NC1=Nc2c(Cl)ncnc2S1(CCc1ccc(OCC(F)(F)F)nc1)c1ncnc2scnc12. The summed E-state index contributed by atoms with van der Waals surface area (Å²) in [5, 5.41) is 1.69. The summed E-state index contributed by atoms with van der Waals surface area (Å²) in [7, 11) is -2.26. The second-order valence-corrected chi connectivity index (χ2v) is 11.3. The minimum atomic E-state index is -4.44. The lowest BCUT2D eigenvalue weighted by Gasteiger charge is -2.34. The van der Waals surface area contributed by atoms with Crippen LogP contribution >= 0.6 is 33.0 Å². The zero-order valence-electron chi connectivity index (χ0n) is 17.0. The van der Waals surface area contributed by atoms with Crippen LogP contribution in [0.5, 0.6) is 5.88 Å². The minimum Gasteiger partial charge on any atom is -0.468 e. The van der Waals surface area contributed by atoms with Gasteiger partial charge in [-0.15, -0.1) is 11.3 Å². The van der Waals surface area contributed by atoms with Gasteiger partial charge >= 0.3 is 6.18 Å². The van der Waals surface area contributed by atoms with E-state index >= 15 is 0 Å². The first kappa shape index (κ1) is 22.7. The number of hydrogen-bond donors (Lipinski definition) is 1. The van der Waals surface area contributed by atoms with Gasteiger partial charge in [-0.05, 0) is 17.7 Å². The summed E-state index contributed by atoms with van der Waals surface area (Å²) in [5.74, 6) is 0.325. The number of nitrogens with two attached hydrogens (primary N) is 1. The summed E-state index contributed by atoms with van der Waals surface area (Å²) < 4.78 is 41.8. The molecule has 0 bridgehead atoms. The van der Waals surface area contributed by atoms with Crippen LogP contribution < -0.4 is 10.5 Å². The fraction of sp³-hybridized carbons (Fsp3) is 0.211. The Bertz CT molecular complexity index is 1400. The van der Waals surface area contributed by atoms with Crippen molar-refractivity contribution >= 4 is 54.2 Å². The van der Waals surface area contributed by atoms with Gasteiger partial charge in [0.25, 0.3) is 0 Å². The number of ether oxygens (including phenoxy) is 1. The monoisotopic (exact) mass is 526 g/mol. The molecule has 0 saturated carbocycles. The molecule has 2 N–H and O–H groups in total. The van der Waals surface area contributed by atoms with E-state index in [1.165, 1.54) is 36.3 Å². The highest BCUT2D eigenvalue weighted by Gasteiger charge is 2.44. The molecule has 0 fully saturated rings. The van der Waals surface area contributed by atoms with Gasteiger partial charge in [0, 0.05) is 12.3 Å². The molecule has 0 aliphatic carbocycles. The molecule has 176 valence electrons. The van der Waals surface area contributed by atoms with Gasteiger partial charge in [0.1, 0.15) is 38.7 Å². The van der Waals surface area contributed by atoms with Gasteiger partial charge in [0.2, 0.25) is 5.88 Å². The van der Waals surface area contributed by atoms with Crippen molar-refractivity contribution in [3.63, 3.8) is 0 Å². The number of aliphatic imine (C=N–C) groups is 1. The topological polar surface area (TPSA) is 125 Å². The predicted octanol–water partition coefficient (Wildman–Crippen LogP) is 4.29. The molecule has 15 heteroatoms. The Labute approximate surface area is 200 Å². The predicted molar refractivity (Wildman–Crippen MR) is 122 cm³/mol. The summed E-state index contributed by atoms with van der Waals surface area (Å²) in [5.41, 5.74) is 9.97. The molecular formula is C19H14ClF3N8OS2. The van der Waals surface area contributed by atoms with Crippen LogP contribution in [0.4, 0.5) is 18.9 Å². The van der Waals surface area contributed by atoms with Crippen LogP contribution in [0.15, 0.2) is 51.5 Å². The Morgan fingerprint density at radius 3 is 2.59 bits per heavy atom. The van der Waals surface area contributed by atoms with E-state index in [0.29, 0.717) is 43.4 Å². The van der Waals surface area contributed by atoms with Crippen molar-refractivity contribution in [3.8, 4) is 5.88 Å².